The molecule has 1 aromatic rings. The Kier molecular flexibility index (Phi) is 9.36. The zero-order valence-corrected chi connectivity index (χ0v) is 17.5. The lowest BCUT2D eigenvalue weighted by Crippen LogP contribution is -2.52. The predicted octanol–water partition coefficient (Wildman–Crippen LogP) is 3.61. The first kappa shape index (κ1) is 23.5. The lowest BCUT2D eigenvalue weighted by Gasteiger charge is -2.31. The van der Waals surface area contributed by atoms with Crippen LogP contribution in [0.2, 0.25) is 5.02 Å². The van der Waals surface area contributed by atoms with Crippen LogP contribution in [-0.4, -0.2) is 41.9 Å². The normalized spacial score (nSPS) is 15.4. The van der Waals surface area contributed by atoms with E-state index in [9.17, 15) is 9.59 Å². The van der Waals surface area contributed by atoms with Gasteiger partial charge >= 0.3 is 0 Å². The van der Waals surface area contributed by atoms with E-state index in [4.69, 9.17) is 22.1 Å². The molecule has 2 amide bonds. The molecule has 0 heterocycles. The number of nitrogens with one attached hydrogen (secondary N) is 1. The first-order valence-corrected chi connectivity index (χ1v) is 9.58. The van der Waals surface area contributed by atoms with Crippen molar-refractivity contribution < 1.29 is 14.3 Å². The average Bonchev–Trinajstić information content (AvgIpc) is 2.62. The molecule has 1 aliphatic carbocycles. The van der Waals surface area contributed by atoms with Gasteiger partial charge in [0.2, 0.25) is 5.91 Å². The van der Waals surface area contributed by atoms with Crippen LogP contribution < -0.4 is 15.8 Å². The monoisotopic (exact) mass is 417 g/mol. The molecule has 0 radical (unpaired) electrons. The van der Waals surface area contributed by atoms with Crippen molar-refractivity contribution >= 4 is 41.5 Å². The number of hydrogen-bond acceptors (Lipinski definition) is 4. The molecule has 3 N–H and O–H groups in total. The molecule has 8 heteroatoms. The largest absolute Gasteiger partial charge is 0.482 e. The van der Waals surface area contributed by atoms with Gasteiger partial charge in [0.15, 0.2) is 6.61 Å². The lowest BCUT2D eigenvalue weighted by molar-refractivity contribution is -0.133. The number of halogens is 2. The van der Waals surface area contributed by atoms with Gasteiger partial charge in [0.1, 0.15) is 5.75 Å². The number of nitrogens with two attached hydrogens (primary N) is 1. The van der Waals surface area contributed by atoms with Crippen molar-refractivity contribution in [3.63, 3.8) is 0 Å². The van der Waals surface area contributed by atoms with Crippen LogP contribution in [0.4, 0.5) is 5.69 Å². The highest BCUT2D eigenvalue weighted by atomic mass is 35.5. The minimum Gasteiger partial charge on any atom is -0.482 e. The van der Waals surface area contributed by atoms with Gasteiger partial charge in [-0.1, -0.05) is 30.9 Å². The van der Waals surface area contributed by atoms with Crippen molar-refractivity contribution in [2.24, 2.45) is 5.73 Å². The molecule has 152 valence electrons. The third-order valence-corrected chi connectivity index (χ3v) is 5.15. The van der Waals surface area contributed by atoms with Crippen LogP contribution in [0.15, 0.2) is 18.2 Å². The number of rotatable bonds is 7. The van der Waals surface area contributed by atoms with E-state index in [1.54, 1.807) is 23.1 Å². The molecular formula is C19H29Cl2N3O3. The first-order chi connectivity index (χ1) is 12.4. The number of anilines is 1. The number of likely N-dealkylation sites (N-methyl/N-ethyl adjacent to an activating group) is 1. The van der Waals surface area contributed by atoms with Crippen LogP contribution in [0.3, 0.4) is 0 Å². The van der Waals surface area contributed by atoms with E-state index in [0.717, 1.165) is 19.3 Å². The molecule has 0 spiro atoms. The minimum absolute atomic E-state index is 0. The van der Waals surface area contributed by atoms with E-state index in [1.807, 2.05) is 13.8 Å². The highest BCUT2D eigenvalue weighted by Gasteiger charge is 2.35. The lowest BCUT2D eigenvalue weighted by atomic mass is 9.82. The summed E-state index contributed by atoms with van der Waals surface area (Å²) < 4.78 is 5.52. The summed E-state index contributed by atoms with van der Waals surface area (Å²) >= 11 is 6.23. The quantitative estimate of drug-likeness (QED) is 0.709. The summed E-state index contributed by atoms with van der Waals surface area (Å²) in [4.78, 5) is 26.2. The molecule has 1 aliphatic rings. The number of carbonyl (C=O) groups is 2. The Labute approximate surface area is 172 Å². The van der Waals surface area contributed by atoms with Crippen LogP contribution in [-0.2, 0) is 9.59 Å². The van der Waals surface area contributed by atoms with Crippen molar-refractivity contribution in [2.75, 3.05) is 25.0 Å². The van der Waals surface area contributed by atoms with Gasteiger partial charge in [-0.15, -0.1) is 12.4 Å². The molecular weight excluding hydrogens is 389 g/mol. The summed E-state index contributed by atoms with van der Waals surface area (Å²) in [6, 6.07) is 4.97. The minimum atomic E-state index is -0.809. The van der Waals surface area contributed by atoms with Crippen LogP contribution in [0.5, 0.6) is 5.75 Å². The van der Waals surface area contributed by atoms with Gasteiger partial charge in [0, 0.05) is 18.8 Å². The van der Waals surface area contributed by atoms with E-state index in [0.29, 0.717) is 42.4 Å². The second-order valence-electron chi connectivity index (χ2n) is 6.67. The second-order valence-corrected chi connectivity index (χ2v) is 7.08. The number of ether oxygens (including phenoxy) is 1. The summed E-state index contributed by atoms with van der Waals surface area (Å²) in [6.45, 7) is 5.04. The molecule has 1 aromatic carbocycles. The van der Waals surface area contributed by atoms with E-state index in [1.165, 1.54) is 0 Å². The van der Waals surface area contributed by atoms with Gasteiger partial charge < -0.3 is 20.7 Å². The first-order valence-electron chi connectivity index (χ1n) is 9.20. The van der Waals surface area contributed by atoms with E-state index in [-0.39, 0.29) is 30.8 Å². The molecule has 0 atom stereocenters. The molecule has 1 saturated carbocycles. The summed E-state index contributed by atoms with van der Waals surface area (Å²) in [7, 11) is 0. The molecule has 0 aromatic heterocycles. The van der Waals surface area contributed by atoms with Gasteiger partial charge in [-0.25, -0.2) is 0 Å². The Bertz CT molecular complexity index is 645. The predicted molar refractivity (Wildman–Crippen MR) is 111 cm³/mol. The standard InChI is InChI=1S/C19H28ClN3O3.ClH/c1-3-23(4-2)17(24)13-26-16-9-8-14(12-15(16)20)22-18(25)19(21)10-6-5-7-11-19;/h8-9,12H,3-7,10-11,13,21H2,1-2H3,(H,22,25);1H. The van der Waals surface area contributed by atoms with Crippen LogP contribution in [0.25, 0.3) is 0 Å². The molecule has 27 heavy (non-hydrogen) atoms. The summed E-state index contributed by atoms with van der Waals surface area (Å²) in [5, 5.41) is 3.18. The fourth-order valence-electron chi connectivity index (χ4n) is 3.17. The third-order valence-electron chi connectivity index (χ3n) is 4.86. The van der Waals surface area contributed by atoms with E-state index in [2.05, 4.69) is 5.32 Å². The van der Waals surface area contributed by atoms with Crippen molar-refractivity contribution in [1.29, 1.82) is 0 Å². The average molecular weight is 418 g/mol. The second kappa shape index (κ2) is 10.7. The van der Waals surface area contributed by atoms with Crippen LogP contribution >= 0.6 is 24.0 Å². The molecule has 1 fully saturated rings. The molecule has 6 nitrogen and oxygen atoms in total. The maximum Gasteiger partial charge on any atom is 0.260 e. The fourth-order valence-corrected chi connectivity index (χ4v) is 3.40. The number of hydrogen-bond donors (Lipinski definition) is 2. The summed E-state index contributed by atoms with van der Waals surface area (Å²) in [5.74, 6) is 0.134. The highest BCUT2D eigenvalue weighted by molar-refractivity contribution is 6.32. The van der Waals surface area contributed by atoms with E-state index < -0.39 is 5.54 Å². The van der Waals surface area contributed by atoms with Gasteiger partial charge in [-0.2, -0.15) is 0 Å². The summed E-state index contributed by atoms with van der Waals surface area (Å²) in [5.41, 5.74) is 6.00. The van der Waals surface area contributed by atoms with Crippen molar-refractivity contribution in [3.8, 4) is 5.75 Å². The number of benzene rings is 1. The fraction of sp³-hybridized carbons (Fsp3) is 0.579. The number of nitrogens with zero attached hydrogens (tertiary/aromatic N) is 1. The van der Waals surface area contributed by atoms with Gasteiger partial charge in [-0.05, 0) is 44.9 Å². The maximum atomic E-state index is 12.5. The molecule has 0 unspecified atom stereocenters. The van der Waals surface area contributed by atoms with Gasteiger partial charge in [-0.3, -0.25) is 9.59 Å². The number of carbonyl (C=O) groups excluding carboxylic acids is 2. The SMILES string of the molecule is CCN(CC)C(=O)COc1ccc(NC(=O)C2(N)CCCCC2)cc1Cl.Cl. The molecule has 0 saturated heterocycles. The molecule has 0 aliphatic heterocycles. The Hall–Kier alpha value is -1.50. The van der Waals surface area contributed by atoms with Crippen LogP contribution in [0.1, 0.15) is 46.0 Å². The van der Waals surface area contributed by atoms with Crippen molar-refractivity contribution in [3.05, 3.63) is 23.2 Å². The molecule has 2 rings (SSSR count). The van der Waals surface area contributed by atoms with Crippen LogP contribution in [0, 0.1) is 0 Å². The Morgan fingerprint density at radius 3 is 2.41 bits per heavy atom. The Balaban J connectivity index is 0.00000364. The smallest absolute Gasteiger partial charge is 0.260 e. The number of amides is 2. The van der Waals surface area contributed by atoms with Gasteiger partial charge in [0.25, 0.3) is 5.91 Å². The van der Waals surface area contributed by atoms with Gasteiger partial charge in [0.05, 0.1) is 10.6 Å². The molecule has 0 bridgehead atoms. The zero-order valence-electron chi connectivity index (χ0n) is 15.9. The maximum absolute atomic E-state index is 12.5. The van der Waals surface area contributed by atoms with Crippen molar-refractivity contribution in [1.82, 2.24) is 4.90 Å². The Morgan fingerprint density at radius 2 is 1.85 bits per heavy atom. The van der Waals surface area contributed by atoms with Crippen molar-refractivity contribution in [2.45, 2.75) is 51.5 Å². The third kappa shape index (κ3) is 6.26. The topological polar surface area (TPSA) is 84.7 Å². The highest BCUT2D eigenvalue weighted by Crippen LogP contribution is 2.30. The Morgan fingerprint density at radius 1 is 1.22 bits per heavy atom. The summed E-state index contributed by atoms with van der Waals surface area (Å²) in [6.07, 6.45) is 4.45. The zero-order chi connectivity index (χ0) is 19.2. The van der Waals surface area contributed by atoms with E-state index >= 15 is 0 Å².